The van der Waals surface area contributed by atoms with Crippen molar-refractivity contribution in [3.63, 3.8) is 0 Å². The summed E-state index contributed by atoms with van der Waals surface area (Å²) in [7, 11) is 1.50. The van der Waals surface area contributed by atoms with Gasteiger partial charge in [0.15, 0.2) is 0 Å². The second-order valence-electron chi connectivity index (χ2n) is 10.7. The Balaban J connectivity index is 1.56. The van der Waals surface area contributed by atoms with Gasteiger partial charge in [0.1, 0.15) is 0 Å². The smallest absolute Gasteiger partial charge is 0.355 e. The predicted molar refractivity (Wildman–Crippen MR) is 154 cm³/mol. The molecule has 2 aliphatic rings. The summed E-state index contributed by atoms with van der Waals surface area (Å²) in [6.45, 7) is 3.63. The van der Waals surface area contributed by atoms with E-state index in [0.29, 0.717) is 28.4 Å². The molecule has 0 saturated heterocycles. The predicted octanol–water partition coefficient (Wildman–Crippen LogP) is 5.72. The lowest BCUT2D eigenvalue weighted by molar-refractivity contribution is -0.137. The number of anilines is 1. The van der Waals surface area contributed by atoms with E-state index < -0.39 is 28.7 Å². The van der Waals surface area contributed by atoms with Crippen molar-refractivity contribution in [2.45, 2.75) is 57.9 Å². The fourth-order valence-electron chi connectivity index (χ4n) is 5.18. The Bertz CT molecular complexity index is 1640. The molecule has 1 saturated carbocycles. The maximum absolute atomic E-state index is 14.0. The Morgan fingerprint density at radius 1 is 1.07 bits per heavy atom. The summed E-state index contributed by atoms with van der Waals surface area (Å²) in [6.07, 6.45) is -2.53. The van der Waals surface area contributed by atoms with Gasteiger partial charge < -0.3 is 15.5 Å². The lowest BCUT2D eigenvalue weighted by atomic mass is 9.98. The molecule has 2 aromatic carbocycles. The van der Waals surface area contributed by atoms with Crippen molar-refractivity contribution in [1.82, 2.24) is 19.8 Å². The van der Waals surface area contributed by atoms with E-state index in [1.54, 1.807) is 19.1 Å². The average molecular weight is 622 g/mol. The molecule has 13 heteroatoms. The first-order valence-corrected chi connectivity index (χ1v) is 14.2. The molecule has 1 aromatic heterocycles. The molecular formula is C29H28Cl2F3N5O3. The van der Waals surface area contributed by atoms with Gasteiger partial charge >= 0.3 is 6.18 Å². The van der Waals surface area contributed by atoms with Gasteiger partial charge in [-0.2, -0.15) is 13.2 Å². The van der Waals surface area contributed by atoms with Crippen LogP contribution < -0.4 is 16.2 Å². The third-order valence-electron chi connectivity index (χ3n) is 7.76. The molecule has 5 rings (SSSR count). The highest BCUT2D eigenvalue weighted by atomic mass is 35.5. The Hall–Kier alpha value is -3.57. The number of rotatable bonds is 6. The largest absolute Gasteiger partial charge is 0.417 e. The van der Waals surface area contributed by atoms with Crippen LogP contribution in [0, 0.1) is 5.92 Å². The molecule has 2 atom stereocenters. The minimum absolute atomic E-state index is 0.0137. The normalized spacial score (nSPS) is 17.4. The van der Waals surface area contributed by atoms with Crippen molar-refractivity contribution >= 4 is 41.0 Å². The minimum atomic E-state index is -4.72. The summed E-state index contributed by atoms with van der Waals surface area (Å²) >= 11 is 12.3. The summed E-state index contributed by atoms with van der Waals surface area (Å²) in [5, 5.41) is 5.53. The van der Waals surface area contributed by atoms with E-state index in [1.165, 1.54) is 28.6 Å². The van der Waals surface area contributed by atoms with Gasteiger partial charge in [0.05, 0.1) is 33.5 Å². The molecule has 222 valence electrons. The van der Waals surface area contributed by atoms with Crippen molar-refractivity contribution in [1.29, 1.82) is 0 Å². The van der Waals surface area contributed by atoms with E-state index in [0.717, 1.165) is 25.0 Å². The van der Waals surface area contributed by atoms with Crippen LogP contribution in [-0.4, -0.2) is 45.4 Å². The van der Waals surface area contributed by atoms with Crippen LogP contribution in [-0.2, 0) is 19.1 Å². The molecular weight excluding hydrogens is 594 g/mol. The van der Waals surface area contributed by atoms with Crippen LogP contribution in [0.15, 0.2) is 41.2 Å². The van der Waals surface area contributed by atoms with Crippen molar-refractivity contribution in [3.05, 3.63) is 84.7 Å². The minimum Gasteiger partial charge on any atom is -0.355 e. The number of nitrogens with zero attached hydrogens (tertiary/aromatic N) is 3. The number of alkyl halides is 3. The number of nitrogens with one attached hydrogen (secondary N) is 2. The van der Waals surface area contributed by atoms with Crippen LogP contribution in [0.4, 0.5) is 19.1 Å². The maximum atomic E-state index is 14.0. The SMILES string of the molecule is CNC(=O)c1ccc(-n2c(N[C@@H](C)C3CC3)nc3c(c2=O)C[C@@H](C)N(C(=O)c2ccc(Cl)c(C(F)(F)F)c2)C3)c(Cl)c1. The van der Waals surface area contributed by atoms with Gasteiger partial charge in [-0.05, 0) is 75.4 Å². The fourth-order valence-corrected chi connectivity index (χ4v) is 5.67. The fraction of sp³-hybridized carbons (Fsp3) is 0.379. The molecule has 0 bridgehead atoms. The Kier molecular flexibility index (Phi) is 8.02. The highest BCUT2D eigenvalue weighted by molar-refractivity contribution is 6.33. The molecule has 2 heterocycles. The van der Waals surface area contributed by atoms with E-state index >= 15 is 0 Å². The zero-order valence-corrected chi connectivity index (χ0v) is 24.5. The molecule has 0 unspecified atom stereocenters. The second kappa shape index (κ2) is 11.3. The van der Waals surface area contributed by atoms with E-state index in [9.17, 15) is 27.6 Å². The first-order valence-electron chi connectivity index (χ1n) is 13.4. The Labute approximate surface area is 249 Å². The molecule has 1 aliphatic heterocycles. The Morgan fingerprint density at radius 2 is 1.76 bits per heavy atom. The van der Waals surface area contributed by atoms with E-state index in [2.05, 4.69) is 10.6 Å². The van der Waals surface area contributed by atoms with Crippen LogP contribution in [0.3, 0.4) is 0 Å². The monoisotopic (exact) mass is 621 g/mol. The Morgan fingerprint density at radius 3 is 2.38 bits per heavy atom. The maximum Gasteiger partial charge on any atom is 0.417 e. The van der Waals surface area contributed by atoms with Gasteiger partial charge in [-0.25, -0.2) is 9.55 Å². The van der Waals surface area contributed by atoms with Gasteiger partial charge in [0.25, 0.3) is 17.4 Å². The van der Waals surface area contributed by atoms with Gasteiger partial charge in [-0.1, -0.05) is 23.2 Å². The number of halogens is 5. The molecule has 1 fully saturated rings. The first-order chi connectivity index (χ1) is 19.8. The van der Waals surface area contributed by atoms with Crippen LogP contribution in [0.1, 0.15) is 64.2 Å². The molecule has 3 aromatic rings. The lowest BCUT2D eigenvalue weighted by Crippen LogP contribution is -2.46. The van der Waals surface area contributed by atoms with E-state index in [1.807, 2.05) is 6.92 Å². The van der Waals surface area contributed by atoms with E-state index in [-0.39, 0.29) is 47.0 Å². The number of carbonyl (C=O) groups excluding carboxylic acids is 2. The zero-order valence-electron chi connectivity index (χ0n) is 23.0. The third kappa shape index (κ3) is 5.72. The highest BCUT2D eigenvalue weighted by Crippen LogP contribution is 2.37. The van der Waals surface area contributed by atoms with Crippen LogP contribution in [0.2, 0.25) is 10.0 Å². The topological polar surface area (TPSA) is 96.3 Å². The quantitative estimate of drug-likeness (QED) is 0.367. The van der Waals surface area contributed by atoms with Crippen molar-refractivity contribution in [2.75, 3.05) is 12.4 Å². The van der Waals surface area contributed by atoms with Crippen molar-refractivity contribution in [3.8, 4) is 5.69 Å². The summed E-state index contributed by atoms with van der Waals surface area (Å²) in [6, 6.07) is 7.13. The molecule has 1 aliphatic carbocycles. The van der Waals surface area contributed by atoms with Crippen LogP contribution in [0.5, 0.6) is 0 Å². The van der Waals surface area contributed by atoms with Gasteiger partial charge in [-0.15, -0.1) is 0 Å². The lowest BCUT2D eigenvalue weighted by Gasteiger charge is -2.35. The zero-order chi connectivity index (χ0) is 30.5. The third-order valence-corrected chi connectivity index (χ3v) is 8.39. The van der Waals surface area contributed by atoms with Gasteiger partial charge in [0, 0.05) is 35.8 Å². The highest BCUT2D eigenvalue weighted by Gasteiger charge is 2.37. The summed E-state index contributed by atoms with van der Waals surface area (Å²) in [4.78, 5) is 45.7. The van der Waals surface area contributed by atoms with Gasteiger partial charge in [0.2, 0.25) is 5.95 Å². The summed E-state index contributed by atoms with van der Waals surface area (Å²) < 4.78 is 41.7. The molecule has 8 nitrogen and oxygen atoms in total. The number of aromatic nitrogens is 2. The molecule has 0 radical (unpaired) electrons. The number of hydrogen-bond donors (Lipinski definition) is 2. The van der Waals surface area contributed by atoms with Crippen LogP contribution in [0.25, 0.3) is 5.69 Å². The van der Waals surface area contributed by atoms with E-state index in [4.69, 9.17) is 28.2 Å². The second-order valence-corrected chi connectivity index (χ2v) is 11.5. The number of amides is 2. The first kappa shape index (κ1) is 29.9. The van der Waals surface area contributed by atoms with Crippen molar-refractivity contribution < 1.29 is 22.8 Å². The standard InChI is InChI=1S/C29H28Cl2F3N5O3/c1-14-10-19-23(13-38(14)26(41)18-6-8-21(30)20(11-18)29(32,33)34)37-28(36-15(2)16-4-5-16)39(27(19)42)24-9-7-17(12-22(24)31)25(40)35-3/h6-9,11-12,14-16H,4-5,10,13H2,1-3H3,(H,35,40)(H,36,37)/t14-,15+/m1/s1. The number of fused-ring (bicyclic) bond motifs is 1. The molecule has 0 spiro atoms. The molecule has 2 amide bonds. The van der Waals surface area contributed by atoms with Gasteiger partial charge in [-0.3, -0.25) is 14.4 Å². The number of benzene rings is 2. The number of hydrogen-bond acceptors (Lipinski definition) is 5. The average Bonchev–Trinajstić information content (AvgIpc) is 3.79. The number of carbonyl (C=O) groups is 2. The van der Waals surface area contributed by atoms with Crippen molar-refractivity contribution in [2.24, 2.45) is 5.92 Å². The summed E-state index contributed by atoms with van der Waals surface area (Å²) in [5.41, 5.74) is -0.275. The summed E-state index contributed by atoms with van der Waals surface area (Å²) in [5.74, 6) is -0.333. The molecule has 42 heavy (non-hydrogen) atoms. The molecule has 2 N–H and O–H groups in total. The van der Waals surface area contributed by atoms with Crippen LogP contribution >= 0.6 is 23.2 Å².